The van der Waals surface area contributed by atoms with Crippen LogP contribution in [0.5, 0.6) is 5.75 Å². The van der Waals surface area contributed by atoms with Crippen LogP contribution in [0.1, 0.15) is 19.8 Å². The Labute approximate surface area is 196 Å². The van der Waals surface area contributed by atoms with E-state index in [1.54, 1.807) is 37.4 Å². The molecule has 2 aromatic carbocycles. The second-order valence-corrected chi connectivity index (χ2v) is 10.3. The molecule has 0 saturated carbocycles. The molecular formula is C23H23ClFN3O4S. The number of carbonyl (C=O) groups is 1. The number of fused-ring (bicyclic) bond motifs is 1. The second kappa shape index (κ2) is 9.24. The summed E-state index contributed by atoms with van der Waals surface area (Å²) in [5.74, 6) is -0.276. The number of sulfonamides is 1. The molecule has 1 unspecified atom stereocenters. The number of piperidine rings is 1. The number of nitrogens with two attached hydrogens (primary N) is 1. The summed E-state index contributed by atoms with van der Waals surface area (Å²) in [7, 11) is -3.71. The maximum absolute atomic E-state index is 13.5. The fourth-order valence-electron chi connectivity index (χ4n) is 4.06. The maximum atomic E-state index is 13.5. The van der Waals surface area contributed by atoms with Gasteiger partial charge in [-0.3, -0.25) is 9.78 Å². The molecule has 1 fully saturated rings. The molecule has 0 bridgehead atoms. The number of halogens is 2. The van der Waals surface area contributed by atoms with E-state index >= 15 is 0 Å². The molecule has 1 amide bonds. The summed E-state index contributed by atoms with van der Waals surface area (Å²) in [6.07, 6.45) is 1.80. The van der Waals surface area contributed by atoms with E-state index in [1.165, 1.54) is 17.0 Å². The quantitative estimate of drug-likeness (QED) is 0.585. The van der Waals surface area contributed by atoms with Gasteiger partial charge in [0.2, 0.25) is 10.0 Å². The molecule has 174 valence electrons. The number of likely N-dealkylation sites (tertiary alicyclic amines) is 1. The predicted molar refractivity (Wildman–Crippen MR) is 125 cm³/mol. The average molecular weight is 492 g/mol. The fourth-order valence-corrected chi connectivity index (χ4v) is 5.21. The Balaban J connectivity index is 1.54. The van der Waals surface area contributed by atoms with Crippen molar-refractivity contribution in [2.45, 2.75) is 31.1 Å². The first kappa shape index (κ1) is 23.4. The number of carbonyl (C=O) groups excluding carboxylic acids is 1. The zero-order valence-corrected chi connectivity index (χ0v) is 19.4. The van der Waals surface area contributed by atoms with Crippen molar-refractivity contribution in [3.63, 3.8) is 0 Å². The minimum atomic E-state index is -3.71. The zero-order chi connectivity index (χ0) is 23.8. The Bertz CT molecular complexity index is 1320. The normalized spacial score (nSPS) is 17.7. The van der Waals surface area contributed by atoms with Crippen LogP contribution in [0.25, 0.3) is 22.0 Å². The number of rotatable bonds is 5. The Morgan fingerprint density at radius 2 is 2.03 bits per heavy atom. The van der Waals surface area contributed by atoms with E-state index in [0.29, 0.717) is 41.2 Å². The molecule has 10 heteroatoms. The van der Waals surface area contributed by atoms with Crippen molar-refractivity contribution >= 4 is 38.4 Å². The lowest BCUT2D eigenvalue weighted by Gasteiger charge is -2.33. The summed E-state index contributed by atoms with van der Waals surface area (Å²) in [6, 6.07) is 11.3. The van der Waals surface area contributed by atoms with Crippen LogP contribution in [-0.4, -0.2) is 48.7 Å². The van der Waals surface area contributed by atoms with Crippen LogP contribution in [0.3, 0.4) is 0 Å². The van der Waals surface area contributed by atoms with Crippen LogP contribution < -0.4 is 9.88 Å². The van der Waals surface area contributed by atoms with Gasteiger partial charge in [0.25, 0.3) is 5.91 Å². The number of nitrogens with zero attached hydrogens (tertiary/aromatic N) is 2. The number of amides is 1. The van der Waals surface area contributed by atoms with Crippen LogP contribution in [0.4, 0.5) is 4.39 Å². The number of hydrogen-bond acceptors (Lipinski definition) is 5. The Kier molecular flexibility index (Phi) is 6.56. The standard InChI is InChI=1S/C23H23ClFN3O4S/c1-14(23(29)28-10-2-3-17(13-28)33(26,30)31)32-16-5-7-20-18(8-9-27-22(20)12-16)19-6-4-15(25)11-21(19)24/h4-9,11-12,14,17H,2-3,10,13H2,1H3,(H2,26,30,31)/t14?,17-/m0/s1. The average Bonchev–Trinajstić information content (AvgIpc) is 2.77. The number of benzene rings is 2. The van der Waals surface area contributed by atoms with Crippen LogP contribution >= 0.6 is 11.6 Å². The Hall–Kier alpha value is -2.75. The number of pyridine rings is 1. The summed E-state index contributed by atoms with van der Waals surface area (Å²) in [6.45, 7) is 2.14. The summed E-state index contributed by atoms with van der Waals surface area (Å²) in [5, 5.41) is 5.59. The third kappa shape index (κ3) is 5.10. The molecule has 4 rings (SSSR count). The van der Waals surface area contributed by atoms with Gasteiger partial charge in [0.1, 0.15) is 11.6 Å². The number of aromatic nitrogens is 1. The van der Waals surface area contributed by atoms with Gasteiger partial charge in [0.05, 0.1) is 15.8 Å². The summed E-state index contributed by atoms with van der Waals surface area (Å²) in [5.41, 5.74) is 2.09. The first-order chi connectivity index (χ1) is 15.6. The third-order valence-electron chi connectivity index (χ3n) is 5.75. The molecule has 0 radical (unpaired) electrons. The van der Waals surface area contributed by atoms with Crippen molar-refractivity contribution in [2.24, 2.45) is 5.14 Å². The van der Waals surface area contributed by atoms with Crippen molar-refractivity contribution in [1.29, 1.82) is 0 Å². The second-order valence-electron chi connectivity index (χ2n) is 8.06. The minimum absolute atomic E-state index is 0.0619. The lowest BCUT2D eigenvalue weighted by Crippen LogP contribution is -2.50. The Morgan fingerprint density at radius 1 is 1.24 bits per heavy atom. The van der Waals surface area contributed by atoms with Gasteiger partial charge in [-0.1, -0.05) is 11.6 Å². The molecule has 3 aromatic rings. The van der Waals surface area contributed by atoms with Crippen molar-refractivity contribution in [3.05, 3.63) is 59.5 Å². The number of primary sulfonamides is 1. The van der Waals surface area contributed by atoms with Crippen LogP contribution in [0, 0.1) is 5.82 Å². The molecule has 1 saturated heterocycles. The first-order valence-corrected chi connectivity index (χ1v) is 12.4. The lowest BCUT2D eigenvalue weighted by atomic mass is 10.0. The molecule has 1 aliphatic rings. The van der Waals surface area contributed by atoms with Gasteiger partial charge in [-0.15, -0.1) is 0 Å². The molecule has 1 aliphatic heterocycles. The molecule has 2 atom stereocenters. The molecule has 7 nitrogen and oxygen atoms in total. The third-order valence-corrected chi connectivity index (χ3v) is 7.38. The van der Waals surface area contributed by atoms with Gasteiger partial charge in [-0.25, -0.2) is 17.9 Å². The van der Waals surface area contributed by atoms with E-state index < -0.39 is 27.2 Å². The van der Waals surface area contributed by atoms with Gasteiger partial charge < -0.3 is 9.64 Å². The summed E-state index contributed by atoms with van der Waals surface area (Å²) >= 11 is 6.24. The molecule has 1 aromatic heterocycles. The highest BCUT2D eigenvalue weighted by Crippen LogP contribution is 2.34. The van der Waals surface area contributed by atoms with Crippen LogP contribution in [-0.2, 0) is 14.8 Å². The van der Waals surface area contributed by atoms with E-state index in [4.69, 9.17) is 21.5 Å². The fraction of sp³-hybridized carbons (Fsp3) is 0.304. The highest BCUT2D eigenvalue weighted by molar-refractivity contribution is 7.89. The first-order valence-electron chi connectivity index (χ1n) is 10.4. The maximum Gasteiger partial charge on any atom is 0.263 e. The van der Waals surface area contributed by atoms with E-state index in [0.717, 1.165) is 10.9 Å². The molecule has 2 heterocycles. The van der Waals surface area contributed by atoms with E-state index in [1.807, 2.05) is 6.07 Å². The SMILES string of the molecule is CC(Oc1ccc2c(-c3ccc(F)cc3Cl)ccnc2c1)C(=O)N1CCC[C@H](S(N)(=O)=O)C1. The van der Waals surface area contributed by atoms with Crippen molar-refractivity contribution in [3.8, 4) is 16.9 Å². The van der Waals surface area contributed by atoms with Crippen LogP contribution in [0.2, 0.25) is 5.02 Å². The zero-order valence-electron chi connectivity index (χ0n) is 17.9. The molecular weight excluding hydrogens is 469 g/mol. The highest BCUT2D eigenvalue weighted by Gasteiger charge is 2.32. The van der Waals surface area contributed by atoms with Gasteiger partial charge in [-0.05, 0) is 61.7 Å². The van der Waals surface area contributed by atoms with Crippen LogP contribution in [0.15, 0.2) is 48.7 Å². The summed E-state index contributed by atoms with van der Waals surface area (Å²) < 4.78 is 42.7. The van der Waals surface area contributed by atoms with E-state index in [-0.39, 0.29) is 12.5 Å². The molecule has 33 heavy (non-hydrogen) atoms. The van der Waals surface area contributed by atoms with Crippen molar-refractivity contribution in [2.75, 3.05) is 13.1 Å². The van der Waals surface area contributed by atoms with E-state index in [9.17, 15) is 17.6 Å². The minimum Gasteiger partial charge on any atom is -0.481 e. The summed E-state index contributed by atoms with van der Waals surface area (Å²) in [4.78, 5) is 18.7. The predicted octanol–water partition coefficient (Wildman–Crippen LogP) is 3.74. The highest BCUT2D eigenvalue weighted by atomic mass is 35.5. The number of hydrogen-bond donors (Lipinski definition) is 1. The monoisotopic (exact) mass is 491 g/mol. The van der Waals surface area contributed by atoms with Gasteiger partial charge in [0.15, 0.2) is 6.10 Å². The topological polar surface area (TPSA) is 103 Å². The Morgan fingerprint density at radius 3 is 2.76 bits per heavy atom. The van der Waals surface area contributed by atoms with Gasteiger partial charge in [-0.2, -0.15) is 0 Å². The van der Waals surface area contributed by atoms with Gasteiger partial charge >= 0.3 is 0 Å². The molecule has 0 aliphatic carbocycles. The smallest absolute Gasteiger partial charge is 0.263 e. The van der Waals surface area contributed by atoms with Gasteiger partial charge in [0, 0.05) is 36.3 Å². The number of ether oxygens (including phenoxy) is 1. The lowest BCUT2D eigenvalue weighted by molar-refractivity contribution is -0.138. The van der Waals surface area contributed by atoms with Crippen molar-refractivity contribution < 1.29 is 22.3 Å². The molecule has 0 spiro atoms. The molecule has 2 N–H and O–H groups in total. The van der Waals surface area contributed by atoms with E-state index in [2.05, 4.69) is 4.98 Å². The van der Waals surface area contributed by atoms with Crippen molar-refractivity contribution in [1.82, 2.24) is 9.88 Å². The largest absolute Gasteiger partial charge is 0.481 e.